The van der Waals surface area contributed by atoms with Crippen molar-refractivity contribution in [3.05, 3.63) is 63.7 Å². The van der Waals surface area contributed by atoms with Crippen LogP contribution in [0.1, 0.15) is 71.4 Å². The molecule has 0 spiro atoms. The van der Waals surface area contributed by atoms with E-state index in [9.17, 15) is 14.9 Å². The van der Waals surface area contributed by atoms with Crippen LogP contribution < -0.4 is 9.47 Å². The Morgan fingerprint density at radius 1 is 1.00 bits per heavy atom. The molecule has 2 aliphatic heterocycles. The molecule has 0 radical (unpaired) electrons. The van der Waals surface area contributed by atoms with Crippen molar-refractivity contribution in [2.75, 3.05) is 39.3 Å². The van der Waals surface area contributed by atoms with Gasteiger partial charge in [0, 0.05) is 71.0 Å². The van der Waals surface area contributed by atoms with Gasteiger partial charge in [0.25, 0.3) is 5.97 Å². The normalized spacial score (nSPS) is 15.9. The van der Waals surface area contributed by atoms with Gasteiger partial charge in [-0.3, -0.25) is 19.7 Å². The molecular weight excluding hydrogens is 578 g/mol. The fourth-order valence-electron chi connectivity index (χ4n) is 5.12. The van der Waals surface area contributed by atoms with E-state index in [0.29, 0.717) is 38.5 Å². The lowest BCUT2D eigenvalue weighted by atomic mass is 10.1. The van der Waals surface area contributed by atoms with Gasteiger partial charge >= 0.3 is 5.69 Å². The summed E-state index contributed by atoms with van der Waals surface area (Å²) in [6.07, 6.45) is 4.22. The van der Waals surface area contributed by atoms with Crippen LogP contribution >= 0.6 is 0 Å². The Labute approximate surface area is 267 Å². The Hall–Kier alpha value is -3.70. The number of nitrogens with zero attached hydrogens (tertiary/aromatic N) is 3. The lowest BCUT2D eigenvalue weighted by Crippen LogP contribution is -2.44. The minimum atomic E-state index is -0.833. The number of likely N-dealkylation sites (tertiary alicyclic amines) is 2. The average Bonchev–Trinajstić information content (AvgIpc) is 2.99. The molecule has 4 rings (SSSR count). The molecule has 0 aromatic heterocycles. The number of nitro benzene ring substituents is 1. The number of carbonyl (C=O) groups excluding carboxylic acids is 1. The second-order valence-corrected chi connectivity index (χ2v) is 11.9. The lowest BCUT2D eigenvalue weighted by molar-refractivity contribution is -0.385. The van der Waals surface area contributed by atoms with Gasteiger partial charge in [-0.1, -0.05) is 51.1 Å². The zero-order valence-electron chi connectivity index (χ0n) is 26.4. The number of carbonyl (C=O) groups is 2. The monoisotopic (exact) mass is 629 g/mol. The number of rotatable bonds is 12. The molecule has 2 aliphatic rings. The summed E-state index contributed by atoms with van der Waals surface area (Å²) < 4.78 is 17.9. The van der Waals surface area contributed by atoms with Gasteiger partial charge < -0.3 is 29.1 Å². The molecule has 250 valence electrons. The van der Waals surface area contributed by atoms with Gasteiger partial charge in [-0.05, 0) is 37.3 Å². The van der Waals surface area contributed by atoms with Crippen molar-refractivity contribution in [1.29, 1.82) is 0 Å². The summed E-state index contributed by atoms with van der Waals surface area (Å²) in [4.78, 5) is 37.1. The Morgan fingerprint density at radius 3 is 2.18 bits per heavy atom. The summed E-state index contributed by atoms with van der Waals surface area (Å²) in [5.74, 6) is 0.392. The molecule has 11 heteroatoms. The van der Waals surface area contributed by atoms with E-state index in [2.05, 4.69) is 36.1 Å². The van der Waals surface area contributed by atoms with Crippen LogP contribution in [0.3, 0.4) is 0 Å². The number of ether oxygens (including phenoxy) is 3. The molecule has 0 aliphatic carbocycles. The third-order valence-corrected chi connectivity index (χ3v) is 7.58. The molecule has 11 nitrogen and oxygen atoms in total. The van der Waals surface area contributed by atoms with Gasteiger partial charge in [-0.25, -0.2) is 0 Å². The zero-order valence-corrected chi connectivity index (χ0v) is 26.4. The van der Waals surface area contributed by atoms with Crippen LogP contribution in [0.2, 0.25) is 0 Å². The number of nitro groups is 1. The predicted octanol–water partition coefficient (Wildman–Crippen LogP) is 6.11. The van der Waals surface area contributed by atoms with Crippen LogP contribution in [-0.2, 0) is 20.9 Å². The Bertz CT molecular complexity index is 1200. The topological polar surface area (TPSA) is 132 Å². The van der Waals surface area contributed by atoms with Gasteiger partial charge in [0.15, 0.2) is 0 Å². The van der Waals surface area contributed by atoms with Crippen molar-refractivity contribution >= 4 is 17.6 Å². The smallest absolute Gasteiger partial charge is 0.311 e. The first kappa shape index (κ1) is 37.5. The largest absolute Gasteiger partial charge is 0.490 e. The Morgan fingerprint density at radius 2 is 1.60 bits per heavy atom. The SMILES string of the molecule is C.CC(=O)O.Cc1ccc(COC2CCN(CCC(=O)N3CCC(Oc4ccc([N+](=O)[O-])c(OCC(C)C)c4)CC3)CC2)cc1. The van der Waals surface area contributed by atoms with Crippen LogP contribution in [0.15, 0.2) is 42.5 Å². The second kappa shape index (κ2) is 19.0. The van der Waals surface area contributed by atoms with Crippen LogP contribution in [-0.4, -0.2) is 83.2 Å². The molecule has 2 heterocycles. The standard InChI is InChI=1S/C31H43N3O6.C2H4O2.CH4/c1-23(2)21-39-30-20-28(8-9-29(30)34(36)37)40-27-12-18-33(19-13-27)31(35)14-17-32-15-10-26(11-16-32)38-22-25-6-4-24(3)5-7-25;1-2(3)4;/h4-9,20,23,26-27H,10-19,21-22H2,1-3H3;1H3,(H,3,4);1H4. The highest BCUT2D eigenvalue weighted by atomic mass is 16.6. The van der Waals surface area contributed by atoms with Gasteiger partial charge in [-0.15, -0.1) is 0 Å². The molecule has 1 N–H and O–H groups in total. The Kier molecular flexibility index (Phi) is 15.8. The highest BCUT2D eigenvalue weighted by Gasteiger charge is 2.26. The molecule has 2 aromatic carbocycles. The molecule has 2 aromatic rings. The van der Waals surface area contributed by atoms with Crippen molar-refractivity contribution in [2.24, 2.45) is 5.92 Å². The summed E-state index contributed by atoms with van der Waals surface area (Å²) in [5.41, 5.74) is 2.40. The van der Waals surface area contributed by atoms with E-state index in [1.165, 1.54) is 17.2 Å². The van der Waals surface area contributed by atoms with Gasteiger partial charge in [0.2, 0.25) is 11.7 Å². The zero-order chi connectivity index (χ0) is 32.1. The molecule has 2 saturated heterocycles. The predicted molar refractivity (Wildman–Crippen MR) is 174 cm³/mol. The van der Waals surface area contributed by atoms with Crippen molar-refractivity contribution in [3.8, 4) is 11.5 Å². The lowest BCUT2D eigenvalue weighted by Gasteiger charge is -2.34. The van der Waals surface area contributed by atoms with Gasteiger partial charge in [-0.2, -0.15) is 0 Å². The maximum Gasteiger partial charge on any atom is 0.311 e. The van der Waals surface area contributed by atoms with Crippen LogP contribution in [0.4, 0.5) is 5.69 Å². The van der Waals surface area contributed by atoms with E-state index in [1.54, 1.807) is 12.1 Å². The fraction of sp³-hybridized carbons (Fsp3) is 0.588. The van der Waals surface area contributed by atoms with Gasteiger partial charge in [0.05, 0.1) is 24.2 Å². The number of amides is 1. The molecule has 0 saturated carbocycles. The molecule has 0 bridgehead atoms. The molecule has 0 unspecified atom stereocenters. The molecule has 1 amide bonds. The first-order valence-corrected chi connectivity index (χ1v) is 15.4. The molecule has 45 heavy (non-hydrogen) atoms. The average molecular weight is 630 g/mol. The summed E-state index contributed by atoms with van der Waals surface area (Å²) in [6, 6.07) is 13.1. The quantitative estimate of drug-likeness (QED) is 0.218. The minimum Gasteiger partial charge on any atom is -0.490 e. The third kappa shape index (κ3) is 13.4. The minimum absolute atomic E-state index is 0. The van der Waals surface area contributed by atoms with Crippen molar-refractivity contribution < 1.29 is 33.8 Å². The summed E-state index contributed by atoms with van der Waals surface area (Å²) >= 11 is 0. The van der Waals surface area contributed by atoms with E-state index < -0.39 is 10.9 Å². The number of benzene rings is 2. The Balaban J connectivity index is 0.00000133. The number of aryl methyl sites for hydroxylation is 1. The first-order chi connectivity index (χ1) is 21.0. The number of carboxylic acid groups (broad SMARTS) is 1. The number of hydrogen-bond acceptors (Lipinski definition) is 8. The summed E-state index contributed by atoms with van der Waals surface area (Å²) in [5, 5.41) is 18.8. The van der Waals surface area contributed by atoms with E-state index in [4.69, 9.17) is 24.1 Å². The number of aliphatic carboxylic acids is 1. The van der Waals surface area contributed by atoms with E-state index >= 15 is 0 Å². The molecule has 0 atom stereocenters. The molecular formula is C34H51N3O8. The highest BCUT2D eigenvalue weighted by molar-refractivity contribution is 5.76. The fourth-order valence-corrected chi connectivity index (χ4v) is 5.12. The highest BCUT2D eigenvalue weighted by Crippen LogP contribution is 2.33. The maximum absolute atomic E-state index is 12.9. The van der Waals surface area contributed by atoms with Gasteiger partial charge in [0.1, 0.15) is 11.9 Å². The number of hydrogen-bond donors (Lipinski definition) is 1. The second-order valence-electron chi connectivity index (χ2n) is 11.9. The first-order valence-electron chi connectivity index (χ1n) is 15.4. The van der Waals surface area contributed by atoms with Crippen LogP contribution in [0.5, 0.6) is 11.5 Å². The number of piperidine rings is 2. The molecule has 2 fully saturated rings. The van der Waals surface area contributed by atoms with Crippen molar-refractivity contribution in [3.63, 3.8) is 0 Å². The third-order valence-electron chi connectivity index (χ3n) is 7.58. The summed E-state index contributed by atoms with van der Waals surface area (Å²) in [7, 11) is 0. The number of carboxylic acids is 1. The van der Waals surface area contributed by atoms with Crippen LogP contribution in [0.25, 0.3) is 0 Å². The van der Waals surface area contributed by atoms with E-state index in [-0.39, 0.29) is 42.9 Å². The maximum atomic E-state index is 12.9. The van der Waals surface area contributed by atoms with Crippen molar-refractivity contribution in [1.82, 2.24) is 9.80 Å². The van der Waals surface area contributed by atoms with Crippen LogP contribution in [0, 0.1) is 23.0 Å². The summed E-state index contributed by atoms with van der Waals surface area (Å²) in [6.45, 7) is 12.2. The van der Waals surface area contributed by atoms with E-state index in [1.807, 2.05) is 18.7 Å². The van der Waals surface area contributed by atoms with E-state index in [0.717, 1.165) is 52.2 Å². The van der Waals surface area contributed by atoms with Crippen molar-refractivity contribution in [2.45, 2.75) is 86.0 Å².